The van der Waals surface area contributed by atoms with Gasteiger partial charge in [0.2, 0.25) is 5.91 Å². The van der Waals surface area contributed by atoms with Gasteiger partial charge >= 0.3 is 0 Å². The van der Waals surface area contributed by atoms with Gasteiger partial charge < -0.3 is 10.6 Å². The number of fused-ring (bicyclic) bond motifs is 1. The SMILES string of the molecule is Cc1cccc(C(=O)Nc2ccc3c(c2)CCC(=O)N3)c1. The van der Waals surface area contributed by atoms with Crippen molar-refractivity contribution in [2.75, 3.05) is 10.6 Å². The van der Waals surface area contributed by atoms with Crippen LogP contribution in [0.15, 0.2) is 42.5 Å². The van der Waals surface area contributed by atoms with Crippen LogP contribution in [0.25, 0.3) is 0 Å². The van der Waals surface area contributed by atoms with Gasteiger partial charge in [0.15, 0.2) is 0 Å². The fourth-order valence-electron chi connectivity index (χ4n) is 2.45. The quantitative estimate of drug-likeness (QED) is 0.888. The van der Waals surface area contributed by atoms with Crippen molar-refractivity contribution in [3.05, 3.63) is 59.2 Å². The molecule has 0 unspecified atom stereocenters. The van der Waals surface area contributed by atoms with Gasteiger partial charge in [-0.2, -0.15) is 0 Å². The molecule has 2 N–H and O–H groups in total. The lowest BCUT2D eigenvalue weighted by molar-refractivity contribution is -0.116. The molecule has 0 saturated carbocycles. The minimum absolute atomic E-state index is 0.0408. The van der Waals surface area contributed by atoms with E-state index in [1.54, 1.807) is 12.1 Å². The van der Waals surface area contributed by atoms with Gasteiger partial charge in [0.05, 0.1) is 0 Å². The molecular formula is C17H16N2O2. The first-order valence-corrected chi connectivity index (χ1v) is 6.92. The lowest BCUT2D eigenvalue weighted by atomic mass is 10.0. The van der Waals surface area contributed by atoms with Gasteiger partial charge in [0.25, 0.3) is 5.91 Å². The molecule has 3 rings (SSSR count). The van der Waals surface area contributed by atoms with Crippen molar-refractivity contribution in [2.24, 2.45) is 0 Å². The largest absolute Gasteiger partial charge is 0.326 e. The second-order valence-corrected chi connectivity index (χ2v) is 5.24. The van der Waals surface area contributed by atoms with Gasteiger partial charge in [-0.15, -0.1) is 0 Å². The lowest BCUT2D eigenvalue weighted by Crippen LogP contribution is -2.19. The molecule has 2 aromatic carbocycles. The number of hydrogen-bond acceptors (Lipinski definition) is 2. The number of amides is 2. The molecule has 0 spiro atoms. The highest BCUT2D eigenvalue weighted by molar-refractivity contribution is 6.04. The Balaban J connectivity index is 1.79. The molecule has 106 valence electrons. The van der Waals surface area contributed by atoms with Crippen molar-refractivity contribution in [1.82, 2.24) is 0 Å². The van der Waals surface area contributed by atoms with Gasteiger partial charge in [-0.05, 0) is 49.2 Å². The highest BCUT2D eigenvalue weighted by atomic mass is 16.2. The van der Waals surface area contributed by atoms with E-state index in [-0.39, 0.29) is 11.8 Å². The smallest absolute Gasteiger partial charge is 0.255 e. The molecular weight excluding hydrogens is 264 g/mol. The first-order chi connectivity index (χ1) is 10.1. The summed E-state index contributed by atoms with van der Waals surface area (Å²) in [6.07, 6.45) is 1.19. The van der Waals surface area contributed by atoms with Crippen LogP contribution in [-0.2, 0) is 11.2 Å². The van der Waals surface area contributed by atoms with Gasteiger partial charge in [0.1, 0.15) is 0 Å². The third kappa shape index (κ3) is 2.94. The maximum Gasteiger partial charge on any atom is 0.255 e. The Morgan fingerprint density at radius 3 is 2.81 bits per heavy atom. The highest BCUT2D eigenvalue weighted by Crippen LogP contribution is 2.25. The molecule has 0 aromatic heterocycles. The Hall–Kier alpha value is -2.62. The molecule has 0 saturated heterocycles. The van der Waals surface area contributed by atoms with E-state index in [9.17, 15) is 9.59 Å². The van der Waals surface area contributed by atoms with Crippen LogP contribution in [0, 0.1) is 6.92 Å². The summed E-state index contributed by atoms with van der Waals surface area (Å²) in [6.45, 7) is 1.96. The summed E-state index contributed by atoms with van der Waals surface area (Å²) < 4.78 is 0. The van der Waals surface area contributed by atoms with Crippen LogP contribution in [0.4, 0.5) is 11.4 Å². The van der Waals surface area contributed by atoms with Gasteiger partial charge in [0, 0.05) is 23.4 Å². The van der Waals surface area contributed by atoms with Crippen molar-refractivity contribution in [1.29, 1.82) is 0 Å². The maximum atomic E-state index is 12.2. The molecule has 0 bridgehead atoms. The summed E-state index contributed by atoms with van der Waals surface area (Å²) in [6, 6.07) is 13.0. The summed E-state index contributed by atoms with van der Waals surface area (Å²) >= 11 is 0. The monoisotopic (exact) mass is 280 g/mol. The summed E-state index contributed by atoms with van der Waals surface area (Å²) in [4.78, 5) is 23.5. The molecule has 4 nitrogen and oxygen atoms in total. The molecule has 0 fully saturated rings. The second-order valence-electron chi connectivity index (χ2n) is 5.24. The third-order valence-corrected chi connectivity index (χ3v) is 3.54. The number of benzene rings is 2. The minimum Gasteiger partial charge on any atom is -0.326 e. The van der Waals surface area contributed by atoms with E-state index in [0.717, 1.165) is 22.5 Å². The maximum absolute atomic E-state index is 12.2. The van der Waals surface area contributed by atoms with Crippen LogP contribution in [0.1, 0.15) is 27.9 Å². The number of carbonyl (C=O) groups is 2. The van der Waals surface area contributed by atoms with Gasteiger partial charge in [-0.1, -0.05) is 17.7 Å². The van der Waals surface area contributed by atoms with E-state index in [1.807, 2.05) is 37.3 Å². The fourth-order valence-corrected chi connectivity index (χ4v) is 2.45. The minimum atomic E-state index is -0.126. The number of hydrogen-bond donors (Lipinski definition) is 2. The van der Waals surface area contributed by atoms with Crippen LogP contribution < -0.4 is 10.6 Å². The van der Waals surface area contributed by atoms with Crippen molar-refractivity contribution in [2.45, 2.75) is 19.8 Å². The zero-order chi connectivity index (χ0) is 14.8. The predicted octanol–water partition coefficient (Wildman–Crippen LogP) is 3.13. The molecule has 1 aliphatic heterocycles. The van der Waals surface area contributed by atoms with E-state index in [4.69, 9.17) is 0 Å². The lowest BCUT2D eigenvalue weighted by Gasteiger charge is -2.17. The van der Waals surface area contributed by atoms with Crippen LogP contribution in [-0.4, -0.2) is 11.8 Å². The first-order valence-electron chi connectivity index (χ1n) is 6.92. The first kappa shape index (κ1) is 13.4. The average Bonchev–Trinajstić information content (AvgIpc) is 2.47. The highest BCUT2D eigenvalue weighted by Gasteiger charge is 2.15. The Labute approximate surface area is 123 Å². The van der Waals surface area contributed by atoms with E-state index in [2.05, 4.69) is 10.6 Å². The summed E-state index contributed by atoms with van der Waals surface area (Å²) in [5, 5.41) is 5.72. The molecule has 2 amide bonds. The zero-order valence-electron chi connectivity index (χ0n) is 11.8. The number of nitrogens with one attached hydrogen (secondary N) is 2. The van der Waals surface area contributed by atoms with E-state index < -0.39 is 0 Å². The van der Waals surface area contributed by atoms with Gasteiger partial charge in [-0.25, -0.2) is 0 Å². The Morgan fingerprint density at radius 2 is 2.00 bits per heavy atom. The Bertz CT molecular complexity index is 722. The fraction of sp³-hybridized carbons (Fsp3) is 0.176. The Morgan fingerprint density at radius 1 is 1.14 bits per heavy atom. The number of aryl methyl sites for hydroxylation is 2. The Kier molecular flexibility index (Phi) is 3.44. The van der Waals surface area contributed by atoms with Crippen LogP contribution in [0.5, 0.6) is 0 Å². The molecule has 1 heterocycles. The molecule has 1 aliphatic rings. The van der Waals surface area contributed by atoms with E-state index in [1.165, 1.54) is 0 Å². The van der Waals surface area contributed by atoms with Crippen molar-refractivity contribution in [3.8, 4) is 0 Å². The van der Waals surface area contributed by atoms with Crippen LogP contribution >= 0.6 is 0 Å². The number of rotatable bonds is 2. The molecule has 0 atom stereocenters. The van der Waals surface area contributed by atoms with E-state index >= 15 is 0 Å². The third-order valence-electron chi connectivity index (χ3n) is 3.54. The van der Waals surface area contributed by atoms with E-state index in [0.29, 0.717) is 18.4 Å². The molecule has 2 aromatic rings. The number of carbonyl (C=O) groups excluding carboxylic acids is 2. The summed E-state index contributed by atoms with van der Waals surface area (Å²) in [5.74, 6) is -0.0856. The zero-order valence-corrected chi connectivity index (χ0v) is 11.8. The standard InChI is InChI=1S/C17H16N2O2/c1-11-3-2-4-13(9-11)17(21)18-14-6-7-15-12(10-14)5-8-16(20)19-15/h2-4,6-7,9-10H,5,8H2,1H3,(H,18,21)(H,19,20). The molecule has 21 heavy (non-hydrogen) atoms. The molecule has 0 aliphatic carbocycles. The normalized spacial score (nSPS) is 13.3. The van der Waals surface area contributed by atoms with Crippen molar-refractivity contribution >= 4 is 23.2 Å². The molecule has 0 radical (unpaired) electrons. The van der Waals surface area contributed by atoms with Crippen molar-refractivity contribution in [3.63, 3.8) is 0 Å². The van der Waals surface area contributed by atoms with Gasteiger partial charge in [-0.3, -0.25) is 9.59 Å². The van der Waals surface area contributed by atoms with Crippen molar-refractivity contribution < 1.29 is 9.59 Å². The second kappa shape index (κ2) is 5.40. The topological polar surface area (TPSA) is 58.2 Å². The van der Waals surface area contributed by atoms with Crippen LogP contribution in [0.3, 0.4) is 0 Å². The summed E-state index contributed by atoms with van der Waals surface area (Å²) in [5.41, 5.74) is 4.32. The average molecular weight is 280 g/mol. The predicted molar refractivity (Wildman–Crippen MR) is 82.5 cm³/mol. The summed E-state index contributed by atoms with van der Waals surface area (Å²) in [7, 11) is 0. The molecule has 4 heteroatoms. The van der Waals surface area contributed by atoms with Crippen LogP contribution in [0.2, 0.25) is 0 Å². The number of anilines is 2.